The van der Waals surface area contributed by atoms with Crippen LogP contribution in [0.2, 0.25) is 0 Å². The van der Waals surface area contributed by atoms with E-state index in [-0.39, 0.29) is 5.12 Å². The number of pyridine rings is 1. The molecule has 0 unspecified atom stereocenters. The van der Waals surface area contributed by atoms with Crippen molar-refractivity contribution in [1.29, 1.82) is 0 Å². The van der Waals surface area contributed by atoms with E-state index in [0.29, 0.717) is 6.42 Å². The minimum atomic E-state index is 0.162. The van der Waals surface area contributed by atoms with Crippen molar-refractivity contribution < 1.29 is 4.79 Å². The number of para-hydroxylation sites is 1. The number of nitrogens with zero attached hydrogens (tertiary/aromatic N) is 2. The number of aromatic nitrogens is 3. The van der Waals surface area contributed by atoms with E-state index in [1.54, 1.807) is 11.3 Å². The fraction of sp³-hybridized carbons (Fsp3) is 0.160. The molecule has 0 saturated carbocycles. The minimum absolute atomic E-state index is 0.162. The molecule has 0 atom stereocenters. The Morgan fingerprint density at radius 2 is 1.97 bits per heavy atom. The van der Waals surface area contributed by atoms with Crippen molar-refractivity contribution in [1.82, 2.24) is 15.0 Å². The number of thioether (sulfide) groups is 1. The number of rotatable bonds is 6. The fourth-order valence-electron chi connectivity index (χ4n) is 3.80. The number of hydrogen-bond donors (Lipinski definition) is 1. The average Bonchev–Trinajstić information content (AvgIpc) is 3.35. The zero-order valence-corrected chi connectivity index (χ0v) is 18.7. The Bertz CT molecular complexity index is 1340. The lowest BCUT2D eigenvalue weighted by Gasteiger charge is -2.05. The van der Waals surface area contributed by atoms with Crippen molar-refractivity contribution in [3.63, 3.8) is 0 Å². The number of carbonyl (C=O) groups excluding carboxylic acids is 1. The summed E-state index contributed by atoms with van der Waals surface area (Å²) in [6.45, 7) is 2.11. The fourth-order valence-corrected chi connectivity index (χ4v) is 5.80. The van der Waals surface area contributed by atoms with Crippen molar-refractivity contribution in [2.45, 2.75) is 30.5 Å². The zero-order chi connectivity index (χ0) is 21.2. The summed E-state index contributed by atoms with van der Waals surface area (Å²) in [5, 5.41) is 1.38. The molecule has 0 fully saturated rings. The molecule has 3 aromatic heterocycles. The third-order valence-electron chi connectivity index (χ3n) is 5.27. The van der Waals surface area contributed by atoms with Crippen molar-refractivity contribution in [2.24, 2.45) is 0 Å². The number of benzene rings is 2. The normalized spacial score (nSPS) is 11.4. The highest BCUT2D eigenvalue weighted by Crippen LogP contribution is 2.33. The van der Waals surface area contributed by atoms with E-state index in [9.17, 15) is 4.79 Å². The van der Waals surface area contributed by atoms with Gasteiger partial charge in [-0.2, -0.15) is 0 Å². The van der Waals surface area contributed by atoms with Crippen LogP contribution in [0.4, 0.5) is 0 Å². The van der Waals surface area contributed by atoms with Crippen LogP contribution in [0.25, 0.3) is 32.5 Å². The number of nitrogens with one attached hydrogen (secondary N) is 1. The van der Waals surface area contributed by atoms with Crippen LogP contribution in [0, 0.1) is 6.92 Å². The Morgan fingerprint density at radius 3 is 2.81 bits per heavy atom. The molecule has 0 amide bonds. The summed E-state index contributed by atoms with van der Waals surface area (Å²) in [4.78, 5) is 25.2. The molecule has 6 heteroatoms. The molecular weight excluding hydrogens is 422 g/mol. The van der Waals surface area contributed by atoms with Gasteiger partial charge in [-0.3, -0.25) is 9.78 Å². The molecule has 3 heterocycles. The van der Waals surface area contributed by atoms with E-state index in [2.05, 4.69) is 40.1 Å². The van der Waals surface area contributed by atoms with Gasteiger partial charge < -0.3 is 4.98 Å². The molecule has 2 aromatic carbocycles. The number of aryl methyl sites for hydroxylation is 2. The van der Waals surface area contributed by atoms with Crippen molar-refractivity contribution >= 4 is 49.3 Å². The molecule has 0 aliphatic carbocycles. The first-order valence-corrected chi connectivity index (χ1v) is 11.9. The Hall–Kier alpha value is -2.96. The minimum Gasteiger partial charge on any atom is -0.353 e. The summed E-state index contributed by atoms with van der Waals surface area (Å²) in [5.41, 5.74) is 6.50. The number of thiazole rings is 1. The van der Waals surface area contributed by atoms with Crippen LogP contribution in [-0.4, -0.2) is 20.1 Å². The van der Waals surface area contributed by atoms with Gasteiger partial charge in [0.2, 0.25) is 0 Å². The molecule has 154 valence electrons. The second kappa shape index (κ2) is 8.65. The van der Waals surface area contributed by atoms with Crippen molar-refractivity contribution in [3.05, 3.63) is 78.0 Å². The largest absolute Gasteiger partial charge is 0.353 e. The Labute approximate surface area is 188 Å². The van der Waals surface area contributed by atoms with E-state index in [0.717, 1.165) is 44.3 Å². The molecule has 1 N–H and O–H groups in total. The lowest BCUT2D eigenvalue weighted by molar-refractivity contribution is -0.111. The summed E-state index contributed by atoms with van der Waals surface area (Å²) in [6.07, 6.45) is 3.94. The van der Waals surface area contributed by atoms with E-state index >= 15 is 0 Å². The van der Waals surface area contributed by atoms with Crippen LogP contribution in [-0.2, 0) is 11.2 Å². The highest BCUT2D eigenvalue weighted by atomic mass is 32.2. The van der Waals surface area contributed by atoms with Gasteiger partial charge in [-0.25, -0.2) is 4.98 Å². The van der Waals surface area contributed by atoms with Gasteiger partial charge >= 0.3 is 0 Å². The predicted octanol–water partition coefficient (Wildman–Crippen LogP) is 6.79. The lowest BCUT2D eigenvalue weighted by Crippen LogP contribution is -1.95. The van der Waals surface area contributed by atoms with Gasteiger partial charge in [0.1, 0.15) is 0 Å². The molecule has 31 heavy (non-hydrogen) atoms. The van der Waals surface area contributed by atoms with Crippen LogP contribution >= 0.6 is 23.1 Å². The maximum atomic E-state index is 12.6. The van der Waals surface area contributed by atoms with E-state index in [1.165, 1.54) is 28.3 Å². The number of aromatic amines is 1. The zero-order valence-electron chi connectivity index (χ0n) is 17.1. The quantitative estimate of drug-likeness (QED) is 0.294. The van der Waals surface area contributed by atoms with Crippen LogP contribution in [0.15, 0.2) is 71.2 Å². The van der Waals surface area contributed by atoms with Gasteiger partial charge in [-0.05, 0) is 73.5 Å². The van der Waals surface area contributed by atoms with Crippen LogP contribution < -0.4 is 0 Å². The molecule has 0 spiro atoms. The van der Waals surface area contributed by atoms with Gasteiger partial charge in [-0.15, -0.1) is 11.3 Å². The highest BCUT2D eigenvalue weighted by molar-refractivity contribution is 8.15. The number of fused-ring (bicyclic) bond motifs is 2. The summed E-state index contributed by atoms with van der Waals surface area (Å²) in [6, 6.07) is 20.4. The Balaban J connectivity index is 1.33. The molecule has 0 saturated heterocycles. The van der Waals surface area contributed by atoms with Gasteiger partial charge in [0.15, 0.2) is 9.45 Å². The molecule has 0 aliphatic rings. The Kier molecular flexibility index (Phi) is 5.57. The number of hydrogen-bond acceptors (Lipinski definition) is 5. The van der Waals surface area contributed by atoms with Crippen LogP contribution in [0.5, 0.6) is 0 Å². The summed E-state index contributed by atoms with van der Waals surface area (Å²) < 4.78 is 1.94. The van der Waals surface area contributed by atoms with E-state index in [1.807, 2.05) is 48.7 Å². The summed E-state index contributed by atoms with van der Waals surface area (Å²) >= 11 is 2.84. The molecular formula is C25H21N3OS2. The highest BCUT2D eigenvalue weighted by Gasteiger charge is 2.16. The SMILES string of the molecule is Cc1ccc2[nH]c(-c3ccccn3)c(CCCC(=O)Sc3nc4ccccc4s3)c2c1. The second-order valence-corrected chi connectivity index (χ2v) is 9.85. The molecule has 0 aliphatic heterocycles. The third kappa shape index (κ3) is 4.27. The predicted molar refractivity (Wildman–Crippen MR) is 130 cm³/mol. The van der Waals surface area contributed by atoms with Gasteiger partial charge in [-0.1, -0.05) is 29.8 Å². The third-order valence-corrected chi connectivity index (χ3v) is 7.29. The summed E-state index contributed by atoms with van der Waals surface area (Å²) in [7, 11) is 0. The average molecular weight is 444 g/mol. The maximum Gasteiger partial charge on any atom is 0.195 e. The van der Waals surface area contributed by atoms with Gasteiger partial charge in [0.05, 0.1) is 21.6 Å². The van der Waals surface area contributed by atoms with Crippen molar-refractivity contribution in [3.8, 4) is 11.4 Å². The van der Waals surface area contributed by atoms with Gasteiger partial charge in [0.25, 0.3) is 0 Å². The van der Waals surface area contributed by atoms with Crippen LogP contribution in [0.3, 0.4) is 0 Å². The first-order chi connectivity index (χ1) is 15.2. The number of H-pyrrole nitrogens is 1. The first kappa shape index (κ1) is 20.0. The molecule has 5 aromatic rings. The first-order valence-electron chi connectivity index (χ1n) is 10.3. The topological polar surface area (TPSA) is 58.6 Å². The van der Waals surface area contributed by atoms with E-state index < -0.39 is 0 Å². The molecule has 5 rings (SSSR count). The monoisotopic (exact) mass is 443 g/mol. The van der Waals surface area contributed by atoms with Gasteiger partial charge in [0, 0.05) is 23.5 Å². The molecule has 4 nitrogen and oxygen atoms in total. The van der Waals surface area contributed by atoms with Crippen molar-refractivity contribution in [2.75, 3.05) is 0 Å². The second-order valence-electron chi connectivity index (χ2n) is 7.52. The lowest BCUT2D eigenvalue weighted by atomic mass is 10.0. The summed E-state index contributed by atoms with van der Waals surface area (Å²) in [5.74, 6) is 0. The molecule has 0 radical (unpaired) electrons. The maximum absolute atomic E-state index is 12.6. The van der Waals surface area contributed by atoms with Crippen LogP contribution in [0.1, 0.15) is 24.0 Å². The molecule has 0 bridgehead atoms. The Morgan fingerprint density at radius 1 is 1.10 bits per heavy atom. The smallest absolute Gasteiger partial charge is 0.195 e. The van der Waals surface area contributed by atoms with E-state index in [4.69, 9.17) is 0 Å². The standard InChI is InChI=1S/C25H21N3OS2/c1-16-12-13-19-18(15-16)17(24(27-19)21-9-4-5-14-26-21)7-6-11-23(29)31-25-28-20-8-2-3-10-22(20)30-25/h2-5,8-10,12-15,27H,6-7,11H2,1H3. The number of carbonyl (C=O) groups is 1.